The van der Waals surface area contributed by atoms with Gasteiger partial charge in [-0.1, -0.05) is 17.8 Å². The zero-order chi connectivity index (χ0) is 23.1. The highest BCUT2D eigenvalue weighted by molar-refractivity contribution is 7.99. The van der Waals surface area contributed by atoms with Crippen molar-refractivity contribution in [1.82, 2.24) is 20.1 Å². The maximum absolute atomic E-state index is 12.3. The number of carboxylic acids is 1. The molecule has 0 aliphatic rings. The molecule has 3 rings (SSSR count). The summed E-state index contributed by atoms with van der Waals surface area (Å²) in [5.41, 5.74) is 0.978. The molecule has 0 atom stereocenters. The molecule has 0 aliphatic heterocycles. The number of thioether (sulfide) groups is 1. The Hall–Kier alpha value is -3.86. The minimum absolute atomic E-state index is 0.0570. The Bertz CT molecular complexity index is 1130. The van der Waals surface area contributed by atoms with Crippen LogP contribution in [0.25, 0.3) is 0 Å². The Labute approximate surface area is 188 Å². The van der Waals surface area contributed by atoms with Crippen molar-refractivity contribution in [3.05, 3.63) is 65.5 Å². The first-order valence-corrected chi connectivity index (χ1v) is 10.4. The number of benzene rings is 2. The summed E-state index contributed by atoms with van der Waals surface area (Å²) < 4.78 is 6.77. The van der Waals surface area contributed by atoms with Crippen molar-refractivity contribution in [3.63, 3.8) is 0 Å². The van der Waals surface area contributed by atoms with Gasteiger partial charge in [0.2, 0.25) is 5.91 Å². The Kier molecular flexibility index (Phi) is 7.45. The molecule has 32 heavy (non-hydrogen) atoms. The van der Waals surface area contributed by atoms with Crippen LogP contribution < -0.4 is 15.4 Å². The molecule has 166 valence electrons. The third-order valence-electron chi connectivity index (χ3n) is 4.41. The fraction of sp³-hybridized carbons (Fsp3) is 0.190. The minimum Gasteiger partial charge on any atom is -0.497 e. The summed E-state index contributed by atoms with van der Waals surface area (Å²) in [6, 6.07) is 12.7. The molecule has 0 bridgehead atoms. The first kappa shape index (κ1) is 22.8. The molecule has 0 fully saturated rings. The van der Waals surface area contributed by atoms with Crippen molar-refractivity contribution < 1.29 is 24.2 Å². The zero-order valence-electron chi connectivity index (χ0n) is 17.4. The molecule has 1 aromatic heterocycles. The minimum atomic E-state index is -1.07. The summed E-state index contributed by atoms with van der Waals surface area (Å²) in [5, 5.41) is 23.1. The molecule has 1 heterocycles. The van der Waals surface area contributed by atoms with Crippen LogP contribution in [-0.4, -0.2) is 50.5 Å². The van der Waals surface area contributed by atoms with Gasteiger partial charge in [0.05, 0.1) is 25.0 Å². The Morgan fingerprint density at radius 1 is 1.09 bits per heavy atom. The molecular weight excluding hydrogens is 434 g/mol. The number of ether oxygens (including phenoxy) is 1. The summed E-state index contributed by atoms with van der Waals surface area (Å²) in [7, 11) is 3.30. The molecule has 0 saturated heterocycles. The SMILES string of the molecule is COc1ccc(C(=O)NCc2nnc(SCC(=O)Nc3cccc(C(=O)O)c3)n2C)cc1. The summed E-state index contributed by atoms with van der Waals surface area (Å²) in [6.07, 6.45) is 0. The van der Waals surface area contributed by atoms with E-state index in [9.17, 15) is 14.4 Å². The van der Waals surface area contributed by atoms with Crippen LogP contribution >= 0.6 is 11.8 Å². The Balaban J connectivity index is 1.51. The monoisotopic (exact) mass is 455 g/mol. The second kappa shape index (κ2) is 10.4. The van der Waals surface area contributed by atoms with Crippen LogP contribution in [0.5, 0.6) is 5.75 Å². The fourth-order valence-electron chi connectivity index (χ4n) is 2.69. The van der Waals surface area contributed by atoms with E-state index in [0.29, 0.717) is 28.0 Å². The van der Waals surface area contributed by atoms with E-state index in [1.807, 2.05) is 0 Å². The first-order valence-electron chi connectivity index (χ1n) is 9.44. The van der Waals surface area contributed by atoms with Crippen LogP contribution in [0.3, 0.4) is 0 Å². The molecule has 0 unspecified atom stereocenters. The zero-order valence-corrected chi connectivity index (χ0v) is 18.2. The standard InChI is InChI=1S/C21H21N5O5S/c1-26-17(11-22-19(28)13-6-8-16(31-2)9-7-13)24-25-21(26)32-12-18(27)23-15-5-3-4-14(10-15)20(29)30/h3-10H,11-12H2,1-2H3,(H,22,28)(H,23,27)(H,29,30). The maximum Gasteiger partial charge on any atom is 0.335 e. The van der Waals surface area contributed by atoms with Crippen molar-refractivity contribution in [2.75, 3.05) is 18.2 Å². The van der Waals surface area contributed by atoms with E-state index in [2.05, 4.69) is 20.8 Å². The van der Waals surface area contributed by atoms with Crippen molar-refractivity contribution in [2.45, 2.75) is 11.7 Å². The Morgan fingerprint density at radius 3 is 2.53 bits per heavy atom. The van der Waals surface area contributed by atoms with Crippen molar-refractivity contribution in [2.24, 2.45) is 7.05 Å². The van der Waals surface area contributed by atoms with Gasteiger partial charge in [0.25, 0.3) is 5.91 Å². The molecule has 10 nitrogen and oxygen atoms in total. The molecule has 2 aromatic carbocycles. The lowest BCUT2D eigenvalue weighted by molar-refractivity contribution is -0.113. The summed E-state index contributed by atoms with van der Waals surface area (Å²) in [5.74, 6) is -0.385. The first-order chi connectivity index (χ1) is 15.4. The van der Waals surface area contributed by atoms with Crippen molar-refractivity contribution in [3.8, 4) is 5.75 Å². The number of carbonyl (C=O) groups is 3. The summed E-state index contributed by atoms with van der Waals surface area (Å²) in [4.78, 5) is 35.5. The number of hydrogen-bond donors (Lipinski definition) is 3. The maximum atomic E-state index is 12.3. The number of aromatic carboxylic acids is 1. The third kappa shape index (κ3) is 5.85. The molecular formula is C21H21N5O5S. The van der Waals surface area contributed by atoms with Crippen molar-refractivity contribution >= 4 is 35.2 Å². The number of amides is 2. The van der Waals surface area contributed by atoms with E-state index in [1.165, 1.54) is 23.9 Å². The van der Waals surface area contributed by atoms with Gasteiger partial charge in [0, 0.05) is 18.3 Å². The van der Waals surface area contributed by atoms with E-state index in [0.717, 1.165) is 0 Å². The highest BCUT2D eigenvalue weighted by atomic mass is 32.2. The molecule has 0 saturated carbocycles. The number of hydrogen-bond acceptors (Lipinski definition) is 7. The van der Waals surface area contributed by atoms with E-state index in [-0.39, 0.29) is 29.7 Å². The van der Waals surface area contributed by atoms with Crippen molar-refractivity contribution in [1.29, 1.82) is 0 Å². The average molecular weight is 455 g/mol. The number of nitrogens with one attached hydrogen (secondary N) is 2. The topological polar surface area (TPSA) is 135 Å². The quantitative estimate of drug-likeness (QED) is 0.418. The molecule has 3 N–H and O–H groups in total. The molecule has 0 aliphatic carbocycles. The van der Waals surface area contributed by atoms with Gasteiger partial charge in [-0.3, -0.25) is 9.59 Å². The lowest BCUT2D eigenvalue weighted by Gasteiger charge is -2.07. The summed E-state index contributed by atoms with van der Waals surface area (Å²) >= 11 is 1.17. The van der Waals surface area contributed by atoms with Crippen LogP contribution in [-0.2, 0) is 18.4 Å². The van der Waals surface area contributed by atoms with E-state index in [1.54, 1.807) is 55.1 Å². The molecule has 2 amide bonds. The Morgan fingerprint density at radius 2 is 1.84 bits per heavy atom. The number of anilines is 1. The summed E-state index contributed by atoms with van der Waals surface area (Å²) in [6.45, 7) is 0.170. The number of carboxylic acid groups (broad SMARTS) is 1. The van der Waals surface area contributed by atoms with E-state index < -0.39 is 5.97 Å². The second-order valence-electron chi connectivity index (χ2n) is 6.59. The predicted molar refractivity (Wildman–Crippen MR) is 118 cm³/mol. The third-order valence-corrected chi connectivity index (χ3v) is 5.43. The van der Waals surface area contributed by atoms with Gasteiger partial charge in [0.15, 0.2) is 11.0 Å². The smallest absolute Gasteiger partial charge is 0.335 e. The van der Waals surface area contributed by atoms with Crippen LogP contribution in [0.15, 0.2) is 53.7 Å². The number of aromatic nitrogens is 3. The van der Waals surface area contributed by atoms with Crippen LogP contribution in [0.1, 0.15) is 26.5 Å². The molecule has 3 aromatic rings. The van der Waals surface area contributed by atoms with Gasteiger partial charge in [-0.15, -0.1) is 10.2 Å². The fourth-order valence-corrected chi connectivity index (χ4v) is 3.42. The van der Waals surface area contributed by atoms with Gasteiger partial charge in [-0.05, 0) is 42.5 Å². The lowest BCUT2D eigenvalue weighted by Crippen LogP contribution is -2.24. The van der Waals surface area contributed by atoms with Gasteiger partial charge in [-0.2, -0.15) is 0 Å². The molecule has 11 heteroatoms. The number of methoxy groups -OCH3 is 1. The van der Waals surface area contributed by atoms with Crippen LogP contribution in [0, 0.1) is 0 Å². The van der Waals surface area contributed by atoms with E-state index >= 15 is 0 Å². The van der Waals surface area contributed by atoms with Crippen LogP contribution in [0.2, 0.25) is 0 Å². The van der Waals surface area contributed by atoms with Crippen LogP contribution in [0.4, 0.5) is 5.69 Å². The van der Waals surface area contributed by atoms with Gasteiger partial charge in [-0.25, -0.2) is 4.79 Å². The molecule has 0 spiro atoms. The predicted octanol–water partition coefficient (Wildman–Crippen LogP) is 2.18. The largest absolute Gasteiger partial charge is 0.497 e. The number of nitrogens with zero attached hydrogens (tertiary/aromatic N) is 3. The second-order valence-corrected chi connectivity index (χ2v) is 7.53. The van der Waals surface area contributed by atoms with Gasteiger partial charge >= 0.3 is 5.97 Å². The number of carbonyl (C=O) groups excluding carboxylic acids is 2. The highest BCUT2D eigenvalue weighted by Crippen LogP contribution is 2.17. The normalized spacial score (nSPS) is 10.4. The number of rotatable bonds is 9. The molecule has 0 radical (unpaired) electrons. The van der Waals surface area contributed by atoms with Gasteiger partial charge < -0.3 is 25.0 Å². The lowest BCUT2D eigenvalue weighted by atomic mass is 10.2. The average Bonchev–Trinajstić information content (AvgIpc) is 3.15. The highest BCUT2D eigenvalue weighted by Gasteiger charge is 2.14. The van der Waals surface area contributed by atoms with E-state index in [4.69, 9.17) is 9.84 Å². The van der Waals surface area contributed by atoms with Gasteiger partial charge in [0.1, 0.15) is 5.75 Å².